The summed E-state index contributed by atoms with van der Waals surface area (Å²) >= 11 is 0. The molecule has 5 nitrogen and oxygen atoms in total. The second-order valence-electron chi connectivity index (χ2n) is 3.28. The lowest BCUT2D eigenvalue weighted by Crippen LogP contribution is -2.09. The molecule has 0 radical (unpaired) electrons. The molecule has 0 amide bonds. The second kappa shape index (κ2) is 3.82. The van der Waals surface area contributed by atoms with Crippen molar-refractivity contribution >= 4 is 22.9 Å². The summed E-state index contributed by atoms with van der Waals surface area (Å²) in [6.45, 7) is 0. The van der Waals surface area contributed by atoms with Gasteiger partial charge in [-0.05, 0) is 12.1 Å². The van der Waals surface area contributed by atoms with Crippen LogP contribution in [0.5, 0.6) is 5.75 Å². The fourth-order valence-corrected chi connectivity index (χ4v) is 1.54. The minimum Gasteiger partial charge on any atom is -0.506 e. The lowest BCUT2D eigenvalue weighted by molar-refractivity contribution is 0.0680. The Labute approximate surface area is 94.1 Å². The molecule has 1 heterocycles. The first-order valence-electron chi connectivity index (χ1n) is 4.57. The molecule has 0 atom stereocenters. The van der Waals surface area contributed by atoms with E-state index < -0.39 is 29.0 Å². The van der Waals surface area contributed by atoms with Crippen molar-refractivity contribution in [2.24, 2.45) is 0 Å². The zero-order valence-electron chi connectivity index (χ0n) is 8.35. The smallest absolute Gasteiger partial charge is 0.351 e. The maximum Gasteiger partial charge on any atom is 0.351 e. The van der Waals surface area contributed by atoms with Crippen LogP contribution < -0.4 is 0 Å². The van der Waals surface area contributed by atoms with Crippen LogP contribution in [0.15, 0.2) is 24.3 Å². The predicted molar refractivity (Wildman–Crippen MR) is 55.8 cm³/mol. The van der Waals surface area contributed by atoms with Crippen molar-refractivity contribution in [3.8, 4) is 5.75 Å². The van der Waals surface area contributed by atoms with Gasteiger partial charge in [-0.25, -0.2) is 9.78 Å². The molecule has 0 saturated carbocycles. The summed E-state index contributed by atoms with van der Waals surface area (Å²) in [6, 6.07) is 4.00. The Bertz CT molecular complexity index is 639. The molecule has 2 N–H and O–H groups in total. The summed E-state index contributed by atoms with van der Waals surface area (Å²) in [6.07, 6.45) is 0. The monoisotopic (exact) mass is 235 g/mol. The molecule has 2 rings (SSSR count). The van der Waals surface area contributed by atoms with Crippen molar-refractivity contribution < 1.29 is 24.2 Å². The second-order valence-corrected chi connectivity index (χ2v) is 3.28. The number of halogens is 1. The molecule has 1 aromatic heterocycles. The van der Waals surface area contributed by atoms with E-state index >= 15 is 0 Å². The Kier molecular flexibility index (Phi) is 2.47. The van der Waals surface area contributed by atoms with Gasteiger partial charge in [-0.2, -0.15) is 4.39 Å². The summed E-state index contributed by atoms with van der Waals surface area (Å²) in [4.78, 5) is 25.1. The van der Waals surface area contributed by atoms with Crippen LogP contribution in [0.1, 0.15) is 20.8 Å². The Morgan fingerprint density at radius 2 is 1.88 bits per heavy atom. The van der Waals surface area contributed by atoms with Gasteiger partial charge in [0.15, 0.2) is 5.69 Å². The SMILES string of the molecule is O=C(F)c1nc2ccccc2c(O)c1C(=O)O. The van der Waals surface area contributed by atoms with Gasteiger partial charge in [0.05, 0.1) is 5.52 Å². The number of pyridine rings is 1. The van der Waals surface area contributed by atoms with E-state index in [1.165, 1.54) is 12.1 Å². The number of benzene rings is 1. The topological polar surface area (TPSA) is 87.5 Å². The van der Waals surface area contributed by atoms with Crippen LogP contribution in [0.2, 0.25) is 0 Å². The number of hydrogen-bond donors (Lipinski definition) is 2. The van der Waals surface area contributed by atoms with Crippen molar-refractivity contribution in [1.82, 2.24) is 4.98 Å². The van der Waals surface area contributed by atoms with Gasteiger partial charge in [0.2, 0.25) is 0 Å². The molecular formula is C11H6FNO4. The molecule has 0 saturated heterocycles. The lowest BCUT2D eigenvalue weighted by Gasteiger charge is -2.06. The normalized spacial score (nSPS) is 10.4. The quantitative estimate of drug-likeness (QED) is 0.774. The van der Waals surface area contributed by atoms with E-state index in [2.05, 4.69) is 4.98 Å². The molecule has 0 unspecified atom stereocenters. The first kappa shape index (κ1) is 11.0. The highest BCUT2D eigenvalue weighted by Gasteiger charge is 2.24. The molecule has 0 aliphatic heterocycles. The van der Waals surface area contributed by atoms with Crippen molar-refractivity contribution in [3.05, 3.63) is 35.5 Å². The molecule has 0 aliphatic rings. The number of carbonyl (C=O) groups excluding carboxylic acids is 1. The molecule has 6 heteroatoms. The van der Waals surface area contributed by atoms with E-state index in [1.807, 2.05) is 0 Å². The highest BCUT2D eigenvalue weighted by molar-refractivity contribution is 6.07. The third-order valence-corrected chi connectivity index (χ3v) is 2.27. The molecule has 86 valence electrons. The molecule has 0 fully saturated rings. The first-order valence-corrected chi connectivity index (χ1v) is 4.57. The number of carboxylic acids is 1. The van der Waals surface area contributed by atoms with E-state index in [4.69, 9.17) is 5.11 Å². The van der Waals surface area contributed by atoms with Crippen LogP contribution in [0.3, 0.4) is 0 Å². The van der Waals surface area contributed by atoms with E-state index in [0.29, 0.717) is 0 Å². The number of carbonyl (C=O) groups is 2. The third kappa shape index (κ3) is 1.69. The van der Waals surface area contributed by atoms with Gasteiger partial charge in [0.1, 0.15) is 11.3 Å². The van der Waals surface area contributed by atoms with E-state index in [0.717, 1.165) is 0 Å². The average Bonchev–Trinajstić information content (AvgIpc) is 2.28. The summed E-state index contributed by atoms with van der Waals surface area (Å²) in [7, 11) is 0. The summed E-state index contributed by atoms with van der Waals surface area (Å²) in [5, 5.41) is 18.7. The number of hydrogen-bond acceptors (Lipinski definition) is 4. The summed E-state index contributed by atoms with van der Waals surface area (Å²) in [5.41, 5.74) is -1.57. The third-order valence-electron chi connectivity index (χ3n) is 2.27. The fraction of sp³-hybridized carbons (Fsp3) is 0. The Morgan fingerprint density at radius 3 is 2.47 bits per heavy atom. The fourth-order valence-electron chi connectivity index (χ4n) is 1.54. The largest absolute Gasteiger partial charge is 0.506 e. The van der Waals surface area contributed by atoms with Crippen LogP contribution in [0.25, 0.3) is 10.9 Å². The number of aromatic nitrogens is 1. The van der Waals surface area contributed by atoms with Gasteiger partial charge in [0.25, 0.3) is 0 Å². The van der Waals surface area contributed by atoms with Crippen LogP contribution >= 0.6 is 0 Å². The molecular weight excluding hydrogens is 229 g/mol. The predicted octanol–water partition coefficient (Wildman–Crippen LogP) is 1.75. The number of aromatic hydroxyl groups is 1. The Hall–Kier alpha value is -2.50. The van der Waals surface area contributed by atoms with Crippen molar-refractivity contribution in [2.45, 2.75) is 0 Å². The van der Waals surface area contributed by atoms with E-state index in [9.17, 15) is 19.1 Å². The highest BCUT2D eigenvalue weighted by Crippen LogP contribution is 2.29. The van der Waals surface area contributed by atoms with Crippen molar-refractivity contribution in [2.75, 3.05) is 0 Å². The van der Waals surface area contributed by atoms with E-state index in [1.54, 1.807) is 12.1 Å². The van der Waals surface area contributed by atoms with E-state index in [-0.39, 0.29) is 10.9 Å². The van der Waals surface area contributed by atoms with Crippen molar-refractivity contribution in [3.63, 3.8) is 0 Å². The summed E-state index contributed by atoms with van der Waals surface area (Å²) < 4.78 is 12.7. The number of aromatic carboxylic acids is 1. The standard InChI is InChI=1S/C11H6FNO4/c12-10(15)8-7(11(16)17)9(14)5-3-1-2-4-6(5)13-8/h1-4H,(H,13,14)(H,16,17). The van der Waals surface area contributed by atoms with Gasteiger partial charge >= 0.3 is 12.0 Å². The average molecular weight is 235 g/mol. The summed E-state index contributed by atoms with van der Waals surface area (Å²) in [5.74, 6) is -2.27. The molecule has 0 aliphatic carbocycles. The number of para-hydroxylation sites is 1. The maximum atomic E-state index is 12.7. The van der Waals surface area contributed by atoms with Crippen LogP contribution in [0, 0.1) is 0 Å². The van der Waals surface area contributed by atoms with Gasteiger partial charge in [-0.3, -0.25) is 4.79 Å². The maximum absolute atomic E-state index is 12.7. The molecule has 1 aromatic carbocycles. The Balaban J connectivity index is 2.94. The molecule has 2 aromatic rings. The minimum absolute atomic E-state index is 0.148. The van der Waals surface area contributed by atoms with Crippen molar-refractivity contribution in [1.29, 1.82) is 0 Å². The van der Waals surface area contributed by atoms with Gasteiger partial charge in [-0.15, -0.1) is 0 Å². The van der Waals surface area contributed by atoms with Gasteiger partial charge < -0.3 is 10.2 Å². The Morgan fingerprint density at radius 1 is 1.24 bits per heavy atom. The van der Waals surface area contributed by atoms with Gasteiger partial charge in [0, 0.05) is 5.39 Å². The first-order chi connectivity index (χ1) is 8.02. The molecule has 0 bridgehead atoms. The van der Waals surface area contributed by atoms with Crippen LogP contribution in [0.4, 0.5) is 4.39 Å². The zero-order chi connectivity index (χ0) is 12.6. The van der Waals surface area contributed by atoms with Crippen LogP contribution in [-0.4, -0.2) is 27.2 Å². The van der Waals surface area contributed by atoms with Gasteiger partial charge in [-0.1, -0.05) is 12.1 Å². The number of fused-ring (bicyclic) bond motifs is 1. The highest BCUT2D eigenvalue weighted by atomic mass is 19.1. The number of nitrogens with zero attached hydrogens (tertiary/aromatic N) is 1. The lowest BCUT2D eigenvalue weighted by atomic mass is 10.1. The minimum atomic E-state index is -2.00. The number of carboxylic acid groups (broad SMARTS) is 1. The number of rotatable bonds is 2. The molecule has 17 heavy (non-hydrogen) atoms. The molecule has 0 spiro atoms. The van der Waals surface area contributed by atoms with Crippen LogP contribution in [-0.2, 0) is 0 Å². The zero-order valence-corrected chi connectivity index (χ0v) is 8.35.